The Kier molecular flexibility index (Phi) is 6.76. The van der Waals surface area contributed by atoms with Crippen LogP contribution in [0.2, 0.25) is 0 Å². The number of benzene rings is 1. The molecule has 3 heterocycles. The number of alkyl halides is 3. The molecule has 1 atom stereocenters. The number of nitrogens with zero attached hydrogens (tertiary/aromatic N) is 4. The Labute approximate surface area is 196 Å². The van der Waals surface area contributed by atoms with E-state index in [1.807, 2.05) is 26.4 Å². The van der Waals surface area contributed by atoms with Crippen molar-refractivity contribution in [2.75, 3.05) is 31.3 Å². The second-order valence-electron chi connectivity index (χ2n) is 8.30. The minimum Gasteiger partial charge on any atom is -0.373 e. The lowest BCUT2D eigenvalue weighted by Gasteiger charge is -2.15. The summed E-state index contributed by atoms with van der Waals surface area (Å²) < 4.78 is 39.7. The van der Waals surface area contributed by atoms with Gasteiger partial charge < -0.3 is 15.5 Å². The highest BCUT2D eigenvalue weighted by atomic mass is 32.1. The van der Waals surface area contributed by atoms with Crippen LogP contribution in [0.4, 0.5) is 30.5 Å². The van der Waals surface area contributed by atoms with Crippen molar-refractivity contribution in [1.82, 2.24) is 19.9 Å². The molecule has 4 rings (SSSR count). The van der Waals surface area contributed by atoms with E-state index >= 15 is 0 Å². The van der Waals surface area contributed by atoms with Crippen LogP contribution < -0.4 is 10.6 Å². The van der Waals surface area contributed by atoms with Crippen LogP contribution in [0.15, 0.2) is 42.9 Å². The Morgan fingerprint density at radius 3 is 2.76 bits per heavy atom. The predicted octanol–water partition coefficient (Wildman–Crippen LogP) is 5.02. The molecule has 0 saturated carbocycles. The highest BCUT2D eigenvalue weighted by Gasteiger charge is 2.32. The third-order valence-corrected chi connectivity index (χ3v) is 5.64. The quantitative estimate of drug-likeness (QED) is 0.436. The first-order valence-electron chi connectivity index (χ1n) is 10.6. The Morgan fingerprint density at radius 1 is 1.18 bits per heavy atom. The molecular weight excluding hydrogens is 449 g/mol. The molecule has 2 N–H and O–H groups in total. The molecule has 6 nitrogen and oxygen atoms in total. The Morgan fingerprint density at radius 2 is 2.00 bits per heavy atom. The molecule has 1 aliphatic heterocycles. The lowest BCUT2D eigenvalue weighted by Crippen LogP contribution is -2.14. The van der Waals surface area contributed by atoms with Gasteiger partial charge in [-0.3, -0.25) is 4.98 Å². The average Bonchev–Trinajstić information content (AvgIpc) is 2.88. The van der Waals surface area contributed by atoms with Gasteiger partial charge in [0.2, 0.25) is 5.95 Å². The molecular formula is C23H25F3N6S. The summed E-state index contributed by atoms with van der Waals surface area (Å²) in [4.78, 5) is 15.5. The second-order valence-corrected chi connectivity index (χ2v) is 8.93. The molecule has 0 spiro atoms. The van der Waals surface area contributed by atoms with Crippen molar-refractivity contribution < 1.29 is 13.2 Å². The summed E-state index contributed by atoms with van der Waals surface area (Å²) in [5.41, 5.74) is 3.45. The van der Waals surface area contributed by atoms with Gasteiger partial charge >= 0.3 is 6.18 Å². The zero-order valence-electron chi connectivity index (χ0n) is 18.3. The van der Waals surface area contributed by atoms with E-state index in [-0.39, 0.29) is 5.37 Å². The molecule has 174 valence electrons. The van der Waals surface area contributed by atoms with Crippen molar-refractivity contribution in [3.05, 3.63) is 59.5 Å². The molecule has 0 amide bonds. The first-order valence-corrected chi connectivity index (χ1v) is 11.1. The highest BCUT2D eigenvalue weighted by Crippen LogP contribution is 2.39. The van der Waals surface area contributed by atoms with Gasteiger partial charge in [-0.1, -0.05) is 6.07 Å². The number of thiol groups is 1. The zero-order chi connectivity index (χ0) is 23.6. The van der Waals surface area contributed by atoms with Crippen LogP contribution in [0.5, 0.6) is 0 Å². The molecule has 1 unspecified atom stereocenters. The van der Waals surface area contributed by atoms with Gasteiger partial charge in [-0.2, -0.15) is 25.8 Å². The van der Waals surface area contributed by atoms with Crippen LogP contribution >= 0.6 is 12.6 Å². The minimum atomic E-state index is -4.43. The lowest BCUT2D eigenvalue weighted by molar-refractivity contribution is -0.137. The molecule has 0 saturated heterocycles. The number of aryl methyl sites for hydroxylation is 1. The number of fused-ring (bicyclic) bond motifs is 3. The summed E-state index contributed by atoms with van der Waals surface area (Å²) in [5.74, 6) is 0.351. The van der Waals surface area contributed by atoms with Crippen molar-refractivity contribution >= 4 is 30.0 Å². The number of aromatic nitrogens is 3. The van der Waals surface area contributed by atoms with Gasteiger partial charge in [0.05, 0.1) is 28.5 Å². The van der Waals surface area contributed by atoms with Gasteiger partial charge in [0.15, 0.2) is 0 Å². The summed E-state index contributed by atoms with van der Waals surface area (Å²) in [6.07, 6.45) is 3.18. The van der Waals surface area contributed by atoms with E-state index in [9.17, 15) is 13.2 Å². The fourth-order valence-electron chi connectivity index (χ4n) is 3.76. The van der Waals surface area contributed by atoms with E-state index in [4.69, 9.17) is 0 Å². The van der Waals surface area contributed by atoms with Gasteiger partial charge in [0.1, 0.15) is 0 Å². The van der Waals surface area contributed by atoms with Crippen LogP contribution in [-0.4, -0.2) is 45.9 Å². The zero-order valence-corrected chi connectivity index (χ0v) is 19.2. The number of halogens is 3. The molecule has 1 aromatic carbocycles. The van der Waals surface area contributed by atoms with Crippen LogP contribution in [-0.2, 0) is 19.0 Å². The Balaban J connectivity index is 1.61. The monoisotopic (exact) mass is 474 g/mol. The summed E-state index contributed by atoms with van der Waals surface area (Å²) in [6, 6.07) is 5.62. The molecule has 10 heteroatoms. The van der Waals surface area contributed by atoms with Crippen LogP contribution in [0.3, 0.4) is 0 Å². The molecule has 0 bridgehead atoms. The number of pyridine rings is 1. The summed E-state index contributed by atoms with van der Waals surface area (Å²) >= 11 is 4.47. The van der Waals surface area contributed by atoms with Crippen molar-refractivity contribution in [2.45, 2.75) is 30.8 Å². The normalized spacial score (nSPS) is 15.4. The summed E-state index contributed by atoms with van der Waals surface area (Å²) in [5, 5.41) is 5.86. The SMILES string of the molecule is CN(C)CCCc1cncc(Nc2ncc3c(n2)-c2ccc(C(F)(F)F)cc2NC(S)C3)c1. The van der Waals surface area contributed by atoms with E-state index in [1.54, 1.807) is 12.4 Å². The van der Waals surface area contributed by atoms with Crippen LogP contribution in [0.25, 0.3) is 11.3 Å². The van der Waals surface area contributed by atoms with E-state index < -0.39 is 11.7 Å². The Hall–Kier alpha value is -2.85. The first-order chi connectivity index (χ1) is 15.7. The third-order valence-electron chi connectivity index (χ3n) is 5.32. The predicted molar refractivity (Wildman–Crippen MR) is 127 cm³/mol. The van der Waals surface area contributed by atoms with Crippen molar-refractivity contribution in [3.8, 4) is 11.3 Å². The lowest BCUT2D eigenvalue weighted by atomic mass is 10.0. The van der Waals surface area contributed by atoms with Gasteiger partial charge in [-0.05, 0) is 62.8 Å². The van der Waals surface area contributed by atoms with E-state index in [1.165, 1.54) is 6.07 Å². The molecule has 1 aliphatic rings. The number of anilines is 3. The molecule has 2 aromatic heterocycles. The maximum absolute atomic E-state index is 13.2. The van der Waals surface area contributed by atoms with Gasteiger partial charge in [0, 0.05) is 30.1 Å². The topological polar surface area (TPSA) is 66.0 Å². The molecule has 3 aromatic rings. The largest absolute Gasteiger partial charge is 0.416 e. The standard InChI is InChI=1S/C23H25F3N6S/c1-32(2)7-3-4-14-8-17(13-27-11-14)29-22-28-12-15-9-20(33)30-19-10-16(23(24,25)26)5-6-18(19)21(15)31-22/h5-6,8,10-13,20,30,33H,3-4,7,9H2,1-2H3,(H,28,29,31). The van der Waals surface area contributed by atoms with Gasteiger partial charge in [-0.25, -0.2) is 9.97 Å². The van der Waals surface area contributed by atoms with Crippen molar-refractivity contribution in [1.29, 1.82) is 0 Å². The van der Waals surface area contributed by atoms with Gasteiger partial charge in [0.25, 0.3) is 0 Å². The number of hydrogen-bond acceptors (Lipinski definition) is 7. The summed E-state index contributed by atoms with van der Waals surface area (Å²) in [6.45, 7) is 0.987. The number of nitrogens with one attached hydrogen (secondary N) is 2. The Bertz CT molecular complexity index is 1140. The maximum Gasteiger partial charge on any atom is 0.416 e. The number of rotatable bonds is 6. The molecule has 0 aliphatic carbocycles. The van der Waals surface area contributed by atoms with Crippen molar-refractivity contribution in [3.63, 3.8) is 0 Å². The fourth-order valence-corrected chi connectivity index (χ4v) is 4.09. The fraction of sp³-hybridized carbons (Fsp3) is 0.348. The number of hydrogen-bond donors (Lipinski definition) is 3. The minimum absolute atomic E-state index is 0.345. The van der Waals surface area contributed by atoms with Gasteiger partial charge in [-0.15, -0.1) is 0 Å². The third kappa shape index (κ3) is 5.75. The van der Waals surface area contributed by atoms with E-state index in [0.29, 0.717) is 29.3 Å². The molecule has 0 radical (unpaired) electrons. The first kappa shape index (κ1) is 23.3. The summed E-state index contributed by atoms with van der Waals surface area (Å²) in [7, 11) is 4.08. The van der Waals surface area contributed by atoms with E-state index in [2.05, 4.69) is 43.1 Å². The van der Waals surface area contributed by atoms with Crippen molar-refractivity contribution in [2.24, 2.45) is 0 Å². The maximum atomic E-state index is 13.2. The molecule has 33 heavy (non-hydrogen) atoms. The highest BCUT2D eigenvalue weighted by molar-refractivity contribution is 7.81. The van der Waals surface area contributed by atoms with Crippen LogP contribution in [0.1, 0.15) is 23.1 Å². The second kappa shape index (κ2) is 9.56. The smallest absolute Gasteiger partial charge is 0.373 e. The van der Waals surface area contributed by atoms with E-state index in [0.717, 1.165) is 48.3 Å². The average molecular weight is 475 g/mol. The molecule has 0 fully saturated rings. The van der Waals surface area contributed by atoms with Crippen LogP contribution in [0, 0.1) is 0 Å².